The smallest absolute Gasteiger partial charge is 0.129 e. The summed E-state index contributed by atoms with van der Waals surface area (Å²) in [7, 11) is 0. The summed E-state index contributed by atoms with van der Waals surface area (Å²) in [6.07, 6.45) is 2.78. The second-order valence-corrected chi connectivity index (χ2v) is 3.31. The normalized spacial score (nSPS) is 10.9. The fourth-order valence-electron chi connectivity index (χ4n) is 0.887. The second-order valence-electron chi connectivity index (χ2n) is 3.31. The van der Waals surface area contributed by atoms with E-state index in [1.807, 2.05) is 12.1 Å². The number of furan rings is 1. The van der Waals surface area contributed by atoms with Crippen molar-refractivity contribution in [3.8, 4) is 0 Å². The van der Waals surface area contributed by atoms with Crippen LogP contribution in [0.2, 0.25) is 0 Å². The van der Waals surface area contributed by atoms with Crippen LogP contribution in [0.25, 0.3) is 0 Å². The first-order valence-electron chi connectivity index (χ1n) is 4.39. The van der Waals surface area contributed by atoms with Gasteiger partial charge in [-0.25, -0.2) is 0 Å². The third-order valence-electron chi connectivity index (χ3n) is 1.66. The molecule has 0 aliphatic heterocycles. The Kier molecular flexibility index (Phi) is 3.88. The van der Waals surface area contributed by atoms with Gasteiger partial charge >= 0.3 is 0 Å². The van der Waals surface area contributed by atoms with Crippen LogP contribution < -0.4 is 0 Å². The molecular weight excluding hydrogens is 152 g/mol. The zero-order valence-corrected chi connectivity index (χ0v) is 7.75. The quantitative estimate of drug-likeness (QED) is 0.631. The molecule has 1 rings (SSSR count). The minimum Gasteiger partial charge on any atom is -0.467 e. The van der Waals surface area contributed by atoms with Gasteiger partial charge < -0.3 is 9.15 Å². The molecule has 0 fully saturated rings. The van der Waals surface area contributed by atoms with E-state index < -0.39 is 0 Å². The van der Waals surface area contributed by atoms with Crippen LogP contribution in [-0.4, -0.2) is 6.61 Å². The lowest BCUT2D eigenvalue weighted by atomic mass is 10.1. The highest BCUT2D eigenvalue weighted by Crippen LogP contribution is 2.04. The number of hydrogen-bond donors (Lipinski definition) is 0. The van der Waals surface area contributed by atoms with Crippen LogP contribution in [0.3, 0.4) is 0 Å². The van der Waals surface area contributed by atoms with Crippen molar-refractivity contribution in [1.82, 2.24) is 0 Å². The maximum atomic E-state index is 5.40. The van der Waals surface area contributed by atoms with E-state index in [9.17, 15) is 0 Å². The van der Waals surface area contributed by atoms with Gasteiger partial charge in [-0.3, -0.25) is 0 Å². The largest absolute Gasteiger partial charge is 0.467 e. The fourth-order valence-corrected chi connectivity index (χ4v) is 0.887. The molecule has 1 aromatic heterocycles. The monoisotopic (exact) mass is 168 g/mol. The predicted molar refractivity (Wildman–Crippen MR) is 47.8 cm³/mol. The van der Waals surface area contributed by atoms with E-state index in [-0.39, 0.29) is 0 Å². The minimum absolute atomic E-state index is 0.597. The van der Waals surface area contributed by atoms with E-state index in [2.05, 4.69) is 13.8 Å². The van der Waals surface area contributed by atoms with Gasteiger partial charge in [-0.1, -0.05) is 13.8 Å². The highest BCUT2D eigenvalue weighted by molar-refractivity contribution is 4.95. The highest BCUT2D eigenvalue weighted by atomic mass is 16.5. The van der Waals surface area contributed by atoms with Crippen LogP contribution in [0, 0.1) is 5.92 Å². The average Bonchev–Trinajstić information content (AvgIpc) is 2.49. The third-order valence-corrected chi connectivity index (χ3v) is 1.66. The molecule has 0 saturated carbocycles. The molecule has 12 heavy (non-hydrogen) atoms. The van der Waals surface area contributed by atoms with Crippen molar-refractivity contribution < 1.29 is 9.15 Å². The van der Waals surface area contributed by atoms with Crippen LogP contribution in [0.5, 0.6) is 0 Å². The predicted octanol–water partition coefficient (Wildman–Crippen LogP) is 2.84. The lowest BCUT2D eigenvalue weighted by molar-refractivity contribution is 0.0970. The molecule has 0 aliphatic rings. The Morgan fingerprint density at radius 1 is 1.50 bits per heavy atom. The molecule has 2 nitrogen and oxygen atoms in total. The average molecular weight is 168 g/mol. The number of rotatable bonds is 5. The molecule has 0 radical (unpaired) electrons. The summed E-state index contributed by atoms with van der Waals surface area (Å²) in [4.78, 5) is 0. The Balaban J connectivity index is 2.04. The van der Waals surface area contributed by atoms with Crippen LogP contribution in [0.1, 0.15) is 26.0 Å². The summed E-state index contributed by atoms with van der Waals surface area (Å²) in [5, 5.41) is 0. The van der Waals surface area contributed by atoms with Gasteiger partial charge in [0.2, 0.25) is 0 Å². The Hall–Kier alpha value is -0.760. The molecule has 0 unspecified atom stereocenters. The standard InChI is InChI=1S/C10H16O2/c1-9(2)5-7-11-8-10-4-3-6-12-10/h3-4,6,9H,5,7-8H2,1-2H3. The van der Waals surface area contributed by atoms with Gasteiger partial charge in [0.25, 0.3) is 0 Å². The molecule has 1 heterocycles. The Labute approximate surface area is 73.5 Å². The molecule has 2 heteroatoms. The molecule has 0 bridgehead atoms. The van der Waals surface area contributed by atoms with E-state index in [1.165, 1.54) is 0 Å². The zero-order chi connectivity index (χ0) is 8.81. The molecule has 1 aromatic rings. The Morgan fingerprint density at radius 2 is 2.33 bits per heavy atom. The van der Waals surface area contributed by atoms with Crippen LogP contribution in [-0.2, 0) is 11.3 Å². The lowest BCUT2D eigenvalue weighted by Gasteiger charge is -2.04. The van der Waals surface area contributed by atoms with E-state index in [0.717, 1.165) is 18.8 Å². The van der Waals surface area contributed by atoms with Crippen molar-refractivity contribution in [1.29, 1.82) is 0 Å². The molecule has 0 aliphatic carbocycles. The van der Waals surface area contributed by atoms with Crippen molar-refractivity contribution in [2.75, 3.05) is 6.61 Å². The fraction of sp³-hybridized carbons (Fsp3) is 0.600. The van der Waals surface area contributed by atoms with Crippen LogP contribution in [0.4, 0.5) is 0 Å². The van der Waals surface area contributed by atoms with Gasteiger partial charge in [0, 0.05) is 6.61 Å². The van der Waals surface area contributed by atoms with Crippen molar-refractivity contribution in [3.05, 3.63) is 24.2 Å². The summed E-state index contributed by atoms with van der Waals surface area (Å²) < 4.78 is 10.5. The summed E-state index contributed by atoms with van der Waals surface area (Å²) in [5.41, 5.74) is 0. The first kappa shape index (κ1) is 9.33. The van der Waals surface area contributed by atoms with Crippen molar-refractivity contribution in [3.63, 3.8) is 0 Å². The summed E-state index contributed by atoms with van der Waals surface area (Å²) in [5.74, 6) is 1.61. The van der Waals surface area contributed by atoms with Crippen molar-refractivity contribution >= 4 is 0 Å². The van der Waals surface area contributed by atoms with E-state index in [4.69, 9.17) is 9.15 Å². The van der Waals surface area contributed by atoms with Crippen LogP contribution in [0.15, 0.2) is 22.8 Å². The van der Waals surface area contributed by atoms with Gasteiger partial charge in [-0.15, -0.1) is 0 Å². The maximum absolute atomic E-state index is 5.40. The van der Waals surface area contributed by atoms with E-state index in [1.54, 1.807) is 6.26 Å². The molecule has 68 valence electrons. The SMILES string of the molecule is CC(C)CCOCc1ccco1. The van der Waals surface area contributed by atoms with E-state index in [0.29, 0.717) is 12.5 Å². The first-order chi connectivity index (χ1) is 5.79. The summed E-state index contributed by atoms with van der Waals surface area (Å²) in [6, 6.07) is 3.80. The molecule has 0 atom stereocenters. The van der Waals surface area contributed by atoms with Gasteiger partial charge in [0.15, 0.2) is 0 Å². The number of ether oxygens (including phenoxy) is 1. The lowest BCUT2D eigenvalue weighted by Crippen LogP contribution is -1.98. The molecule has 0 N–H and O–H groups in total. The van der Waals surface area contributed by atoms with Gasteiger partial charge in [0.1, 0.15) is 12.4 Å². The third kappa shape index (κ3) is 3.58. The second kappa shape index (κ2) is 4.99. The molecule has 0 amide bonds. The van der Waals surface area contributed by atoms with Gasteiger partial charge in [-0.05, 0) is 24.5 Å². The maximum Gasteiger partial charge on any atom is 0.129 e. The van der Waals surface area contributed by atoms with Crippen molar-refractivity contribution in [2.45, 2.75) is 26.9 Å². The highest BCUT2D eigenvalue weighted by Gasteiger charge is 1.96. The molecule has 0 spiro atoms. The Morgan fingerprint density at radius 3 is 2.92 bits per heavy atom. The number of hydrogen-bond acceptors (Lipinski definition) is 2. The molecule has 0 aromatic carbocycles. The van der Waals surface area contributed by atoms with Crippen molar-refractivity contribution in [2.24, 2.45) is 5.92 Å². The van der Waals surface area contributed by atoms with E-state index >= 15 is 0 Å². The molecule has 0 saturated heterocycles. The Bertz CT molecular complexity index is 190. The van der Waals surface area contributed by atoms with Gasteiger partial charge in [0.05, 0.1) is 6.26 Å². The first-order valence-corrected chi connectivity index (χ1v) is 4.39. The molecular formula is C10H16O2. The topological polar surface area (TPSA) is 22.4 Å². The summed E-state index contributed by atoms with van der Waals surface area (Å²) in [6.45, 7) is 5.80. The summed E-state index contributed by atoms with van der Waals surface area (Å²) >= 11 is 0. The minimum atomic E-state index is 0.597. The zero-order valence-electron chi connectivity index (χ0n) is 7.75. The van der Waals surface area contributed by atoms with Gasteiger partial charge in [-0.2, -0.15) is 0 Å². The van der Waals surface area contributed by atoms with Crippen LogP contribution >= 0.6 is 0 Å².